The zero-order valence-corrected chi connectivity index (χ0v) is 14.5. The molecule has 3 heterocycles. The van der Waals surface area contributed by atoms with Crippen LogP contribution in [0.25, 0.3) is 0 Å². The van der Waals surface area contributed by atoms with E-state index in [-0.39, 0.29) is 12.0 Å². The van der Waals surface area contributed by atoms with Crippen molar-refractivity contribution < 1.29 is 5.11 Å². The van der Waals surface area contributed by atoms with Gasteiger partial charge in [-0.1, -0.05) is 0 Å². The van der Waals surface area contributed by atoms with E-state index in [1.807, 2.05) is 6.92 Å². The molecule has 2 N–H and O–H groups in total. The molecule has 23 heavy (non-hydrogen) atoms. The number of aromatic nitrogens is 4. The van der Waals surface area contributed by atoms with Crippen LogP contribution in [-0.4, -0.2) is 49.2 Å². The van der Waals surface area contributed by atoms with E-state index >= 15 is 0 Å². The highest BCUT2D eigenvalue weighted by molar-refractivity contribution is 5.24. The van der Waals surface area contributed by atoms with Gasteiger partial charge in [0.25, 0.3) is 0 Å². The van der Waals surface area contributed by atoms with Crippen molar-refractivity contribution >= 4 is 0 Å². The third-order valence-electron chi connectivity index (χ3n) is 4.93. The highest BCUT2D eigenvalue weighted by Crippen LogP contribution is 2.24. The average Bonchev–Trinajstić information content (AvgIpc) is 3.14. The molecule has 1 aliphatic rings. The lowest BCUT2D eigenvalue weighted by atomic mass is 10.0. The van der Waals surface area contributed by atoms with Gasteiger partial charge in [0.1, 0.15) is 0 Å². The monoisotopic (exact) mass is 317 g/mol. The van der Waals surface area contributed by atoms with Crippen molar-refractivity contribution in [2.24, 2.45) is 5.92 Å². The number of β-amino-alcohol motifs (C(OH)–C–C–N with tert-alkyl or cyclic N) is 1. The molecule has 1 fully saturated rings. The number of hydrogen-bond donors (Lipinski definition) is 2. The molecule has 0 aromatic carbocycles. The highest BCUT2D eigenvalue weighted by Gasteiger charge is 2.32. The molecule has 6 heteroatoms. The Morgan fingerprint density at radius 3 is 2.70 bits per heavy atom. The Bertz CT molecular complexity index is 675. The fourth-order valence-electron chi connectivity index (χ4n) is 3.61. The Kier molecular flexibility index (Phi) is 4.55. The van der Waals surface area contributed by atoms with Crippen LogP contribution in [0.2, 0.25) is 0 Å². The third-order valence-corrected chi connectivity index (χ3v) is 4.93. The van der Waals surface area contributed by atoms with Crippen molar-refractivity contribution in [3.05, 3.63) is 34.4 Å². The van der Waals surface area contributed by atoms with Crippen LogP contribution in [0.5, 0.6) is 0 Å². The van der Waals surface area contributed by atoms with E-state index in [2.05, 4.69) is 51.7 Å². The quantitative estimate of drug-likeness (QED) is 0.878. The molecule has 6 nitrogen and oxygen atoms in total. The minimum atomic E-state index is -0.283. The summed E-state index contributed by atoms with van der Waals surface area (Å²) >= 11 is 0. The number of likely N-dealkylation sites (tertiary alicyclic amines) is 1. The Morgan fingerprint density at radius 2 is 2.09 bits per heavy atom. The lowest BCUT2D eigenvalue weighted by Gasteiger charge is -2.15. The molecule has 2 aromatic heterocycles. The minimum absolute atomic E-state index is 0.250. The summed E-state index contributed by atoms with van der Waals surface area (Å²) in [4.78, 5) is 2.34. The number of aryl methyl sites for hydroxylation is 3. The van der Waals surface area contributed by atoms with Crippen LogP contribution in [0.3, 0.4) is 0 Å². The lowest BCUT2D eigenvalue weighted by molar-refractivity contribution is 0.140. The summed E-state index contributed by atoms with van der Waals surface area (Å²) in [6.45, 7) is 11.7. The van der Waals surface area contributed by atoms with Crippen molar-refractivity contribution in [3.8, 4) is 0 Å². The van der Waals surface area contributed by atoms with Crippen LogP contribution in [0, 0.1) is 26.7 Å². The Morgan fingerprint density at radius 1 is 1.30 bits per heavy atom. The summed E-state index contributed by atoms with van der Waals surface area (Å²) in [5.74, 6) is 0.250. The van der Waals surface area contributed by atoms with Gasteiger partial charge in [0.15, 0.2) is 0 Å². The first-order valence-electron chi connectivity index (χ1n) is 8.42. The molecule has 0 unspecified atom stereocenters. The third kappa shape index (κ3) is 3.33. The van der Waals surface area contributed by atoms with E-state index < -0.39 is 0 Å². The predicted octanol–water partition coefficient (Wildman–Crippen LogP) is 1.59. The maximum atomic E-state index is 10.4. The van der Waals surface area contributed by atoms with Gasteiger partial charge in [-0.25, -0.2) is 0 Å². The van der Waals surface area contributed by atoms with Crippen molar-refractivity contribution in [1.82, 2.24) is 24.9 Å². The van der Waals surface area contributed by atoms with Gasteiger partial charge in [0.05, 0.1) is 17.5 Å². The summed E-state index contributed by atoms with van der Waals surface area (Å²) in [5, 5.41) is 22.3. The molecule has 2 aromatic rings. The first-order valence-corrected chi connectivity index (χ1v) is 8.42. The summed E-state index contributed by atoms with van der Waals surface area (Å²) in [5.41, 5.74) is 5.76. The maximum Gasteiger partial charge on any atom is 0.0711 e. The SMILES string of the molecule is CCn1nc(C)c(CN2C[C@@H](Cc3cc(C)[nH]n3)[C@H](O)C2)c1C. The van der Waals surface area contributed by atoms with E-state index in [4.69, 9.17) is 0 Å². The second-order valence-electron chi connectivity index (χ2n) is 6.73. The van der Waals surface area contributed by atoms with Gasteiger partial charge in [-0.3, -0.25) is 14.7 Å². The smallest absolute Gasteiger partial charge is 0.0711 e. The van der Waals surface area contributed by atoms with E-state index in [9.17, 15) is 5.11 Å². The van der Waals surface area contributed by atoms with E-state index in [0.29, 0.717) is 0 Å². The van der Waals surface area contributed by atoms with Gasteiger partial charge in [0, 0.05) is 49.0 Å². The van der Waals surface area contributed by atoms with Crippen LogP contribution in [0.15, 0.2) is 6.07 Å². The molecular formula is C17H27N5O. The van der Waals surface area contributed by atoms with Crippen molar-refractivity contribution in [3.63, 3.8) is 0 Å². The molecule has 2 atom stereocenters. The van der Waals surface area contributed by atoms with Gasteiger partial charge >= 0.3 is 0 Å². The molecule has 1 saturated heterocycles. The molecule has 3 rings (SSSR count). The standard InChI is InChI=1S/C17H27N5O/c1-5-22-13(4)16(12(3)20-22)9-21-8-14(17(23)10-21)7-15-6-11(2)18-19-15/h6,14,17,23H,5,7-10H2,1-4H3,(H,18,19)/t14-,17-/m1/s1. The van der Waals surface area contributed by atoms with Gasteiger partial charge in [0.2, 0.25) is 0 Å². The zero-order chi connectivity index (χ0) is 16.6. The van der Waals surface area contributed by atoms with Crippen LogP contribution in [0.4, 0.5) is 0 Å². The number of aliphatic hydroxyl groups excluding tert-OH is 1. The molecule has 0 spiro atoms. The fraction of sp³-hybridized carbons (Fsp3) is 0.647. The largest absolute Gasteiger partial charge is 0.391 e. The zero-order valence-electron chi connectivity index (χ0n) is 14.5. The topological polar surface area (TPSA) is 70.0 Å². The molecule has 0 bridgehead atoms. The molecule has 1 aliphatic heterocycles. The number of aromatic amines is 1. The number of H-pyrrole nitrogens is 1. The predicted molar refractivity (Wildman–Crippen MR) is 89.2 cm³/mol. The highest BCUT2D eigenvalue weighted by atomic mass is 16.3. The van der Waals surface area contributed by atoms with Crippen LogP contribution < -0.4 is 0 Å². The van der Waals surface area contributed by atoms with Crippen molar-refractivity contribution in [2.45, 2.75) is 53.3 Å². The second kappa shape index (κ2) is 6.45. The summed E-state index contributed by atoms with van der Waals surface area (Å²) in [6.07, 6.45) is 0.544. The number of nitrogens with one attached hydrogen (secondary N) is 1. The second-order valence-corrected chi connectivity index (χ2v) is 6.73. The number of aliphatic hydroxyl groups is 1. The fourth-order valence-corrected chi connectivity index (χ4v) is 3.61. The Labute approximate surface area is 137 Å². The average molecular weight is 317 g/mol. The van der Waals surface area contributed by atoms with Crippen LogP contribution in [-0.2, 0) is 19.5 Å². The summed E-state index contributed by atoms with van der Waals surface area (Å²) in [6, 6.07) is 2.06. The Hall–Kier alpha value is -1.66. The van der Waals surface area contributed by atoms with E-state index in [1.54, 1.807) is 0 Å². The molecule has 0 aliphatic carbocycles. The van der Waals surface area contributed by atoms with Crippen molar-refractivity contribution in [2.75, 3.05) is 13.1 Å². The van der Waals surface area contributed by atoms with Gasteiger partial charge in [-0.2, -0.15) is 10.2 Å². The summed E-state index contributed by atoms with van der Waals surface area (Å²) < 4.78 is 2.06. The van der Waals surface area contributed by atoms with Gasteiger partial charge < -0.3 is 5.11 Å². The maximum absolute atomic E-state index is 10.4. The first-order chi connectivity index (χ1) is 11.0. The molecular weight excluding hydrogens is 290 g/mol. The van der Waals surface area contributed by atoms with Gasteiger partial charge in [-0.15, -0.1) is 0 Å². The normalized spacial score (nSPS) is 22.1. The number of hydrogen-bond acceptors (Lipinski definition) is 4. The number of rotatable bonds is 5. The van der Waals surface area contributed by atoms with Crippen molar-refractivity contribution in [1.29, 1.82) is 0 Å². The Balaban J connectivity index is 1.66. The van der Waals surface area contributed by atoms with Crippen LogP contribution >= 0.6 is 0 Å². The van der Waals surface area contributed by atoms with E-state index in [0.717, 1.165) is 49.7 Å². The first kappa shape index (κ1) is 16.2. The lowest BCUT2D eigenvalue weighted by Crippen LogP contribution is -2.22. The molecule has 0 saturated carbocycles. The van der Waals surface area contributed by atoms with Crippen LogP contribution in [0.1, 0.15) is 35.3 Å². The molecule has 0 amide bonds. The molecule has 0 radical (unpaired) electrons. The molecule has 126 valence electrons. The summed E-state index contributed by atoms with van der Waals surface area (Å²) in [7, 11) is 0. The number of nitrogens with zero attached hydrogens (tertiary/aromatic N) is 4. The van der Waals surface area contributed by atoms with E-state index in [1.165, 1.54) is 11.3 Å². The minimum Gasteiger partial charge on any atom is -0.391 e. The van der Waals surface area contributed by atoms with Gasteiger partial charge in [-0.05, 0) is 40.2 Å².